The van der Waals surface area contributed by atoms with Crippen LogP contribution in [0.4, 0.5) is 10.5 Å². The molecular formula is C17H16BrNO4. The van der Waals surface area contributed by atoms with E-state index >= 15 is 0 Å². The topological polar surface area (TPSA) is 70.0 Å². The number of amides is 1. The van der Waals surface area contributed by atoms with Crippen LogP contribution in [-0.4, -0.2) is 29.0 Å². The van der Waals surface area contributed by atoms with Crippen LogP contribution in [0.25, 0.3) is 0 Å². The molecule has 2 aromatic carbocycles. The van der Waals surface area contributed by atoms with Crippen LogP contribution in [0, 0.1) is 0 Å². The number of halogens is 1. The van der Waals surface area contributed by atoms with Gasteiger partial charge < -0.3 is 14.9 Å². The Hall–Kier alpha value is -1.89. The summed E-state index contributed by atoms with van der Waals surface area (Å²) in [4.78, 5) is 13.8. The molecule has 1 aliphatic heterocycles. The Kier molecular flexibility index (Phi) is 4.66. The summed E-state index contributed by atoms with van der Waals surface area (Å²) in [5, 5.41) is 19.9. The van der Waals surface area contributed by atoms with E-state index in [0.29, 0.717) is 11.3 Å². The summed E-state index contributed by atoms with van der Waals surface area (Å²) in [6.45, 7) is -0.221. The maximum absolute atomic E-state index is 12.5. The Morgan fingerprint density at radius 3 is 2.65 bits per heavy atom. The van der Waals surface area contributed by atoms with Crippen molar-refractivity contribution in [3.63, 3.8) is 0 Å². The lowest BCUT2D eigenvalue weighted by Crippen LogP contribution is -2.41. The van der Waals surface area contributed by atoms with Crippen molar-refractivity contribution in [3.05, 3.63) is 64.1 Å². The van der Waals surface area contributed by atoms with Gasteiger partial charge in [-0.3, -0.25) is 4.90 Å². The van der Waals surface area contributed by atoms with E-state index in [1.165, 1.54) is 4.90 Å². The Bertz CT molecular complexity index is 707. The van der Waals surface area contributed by atoms with Gasteiger partial charge in [-0.25, -0.2) is 4.79 Å². The zero-order chi connectivity index (χ0) is 16.4. The minimum Gasteiger partial charge on any atom is -0.444 e. The van der Waals surface area contributed by atoms with Crippen LogP contribution in [-0.2, 0) is 11.3 Å². The van der Waals surface area contributed by atoms with Crippen molar-refractivity contribution >= 4 is 27.7 Å². The SMILES string of the molecule is O=C(OCc1ccccc1)N1c2cc(Br)ccc2[C@@H](O)[C@H]1CO. The number of benzene rings is 2. The first-order valence-electron chi connectivity index (χ1n) is 7.20. The molecular weight excluding hydrogens is 362 g/mol. The Morgan fingerprint density at radius 1 is 1.22 bits per heavy atom. The number of anilines is 1. The van der Waals surface area contributed by atoms with Gasteiger partial charge in [0.1, 0.15) is 12.7 Å². The fourth-order valence-corrected chi connectivity index (χ4v) is 3.06. The van der Waals surface area contributed by atoms with Gasteiger partial charge in [0, 0.05) is 10.0 Å². The van der Waals surface area contributed by atoms with Crippen LogP contribution in [0.2, 0.25) is 0 Å². The van der Waals surface area contributed by atoms with Gasteiger partial charge in [-0.1, -0.05) is 52.3 Å². The predicted molar refractivity (Wildman–Crippen MR) is 89.1 cm³/mol. The van der Waals surface area contributed by atoms with Gasteiger partial charge >= 0.3 is 6.09 Å². The highest BCUT2D eigenvalue weighted by Gasteiger charge is 2.41. The largest absolute Gasteiger partial charge is 0.444 e. The van der Waals surface area contributed by atoms with Crippen LogP contribution in [0.3, 0.4) is 0 Å². The van der Waals surface area contributed by atoms with Gasteiger partial charge in [0.2, 0.25) is 0 Å². The van der Waals surface area contributed by atoms with Gasteiger partial charge in [0.25, 0.3) is 0 Å². The number of carbonyl (C=O) groups excluding carboxylic acids is 1. The number of ether oxygens (including phenoxy) is 1. The lowest BCUT2D eigenvalue weighted by molar-refractivity contribution is 0.102. The fourth-order valence-electron chi connectivity index (χ4n) is 2.71. The number of carbonyl (C=O) groups is 1. The maximum atomic E-state index is 12.5. The minimum absolute atomic E-state index is 0.133. The fraction of sp³-hybridized carbons (Fsp3) is 0.235. The Balaban J connectivity index is 1.82. The normalized spacial score (nSPS) is 19.5. The number of aliphatic hydroxyl groups is 2. The molecule has 1 heterocycles. The molecule has 1 amide bonds. The van der Waals surface area contributed by atoms with E-state index in [0.717, 1.165) is 10.0 Å². The number of hydrogen-bond donors (Lipinski definition) is 2. The molecule has 0 aromatic heterocycles. The third-order valence-corrected chi connectivity index (χ3v) is 4.35. The highest BCUT2D eigenvalue weighted by molar-refractivity contribution is 9.10. The van der Waals surface area contributed by atoms with Gasteiger partial charge in [0.15, 0.2) is 0 Å². The molecule has 0 saturated heterocycles. The molecule has 0 radical (unpaired) electrons. The molecule has 120 valence electrons. The van der Waals surface area contributed by atoms with Crippen molar-refractivity contribution in [2.45, 2.75) is 18.8 Å². The maximum Gasteiger partial charge on any atom is 0.415 e. The number of rotatable bonds is 3. The summed E-state index contributed by atoms with van der Waals surface area (Å²) in [6, 6.07) is 13.8. The third kappa shape index (κ3) is 3.10. The van der Waals surface area contributed by atoms with Crippen molar-refractivity contribution in [1.29, 1.82) is 0 Å². The van der Waals surface area contributed by atoms with Gasteiger partial charge in [0.05, 0.1) is 18.3 Å². The summed E-state index contributed by atoms with van der Waals surface area (Å²) in [7, 11) is 0. The Labute approximate surface area is 142 Å². The summed E-state index contributed by atoms with van der Waals surface area (Å²) < 4.78 is 6.12. The molecule has 1 aliphatic rings. The molecule has 2 atom stereocenters. The van der Waals surface area contributed by atoms with Crippen LogP contribution < -0.4 is 4.90 Å². The van der Waals surface area contributed by atoms with Crippen LogP contribution in [0.5, 0.6) is 0 Å². The molecule has 2 N–H and O–H groups in total. The predicted octanol–water partition coefficient (Wildman–Crippen LogP) is 3.00. The van der Waals surface area contributed by atoms with E-state index in [1.54, 1.807) is 18.2 Å². The molecule has 0 spiro atoms. The molecule has 2 aromatic rings. The van der Waals surface area contributed by atoms with Crippen LogP contribution >= 0.6 is 15.9 Å². The highest BCUT2D eigenvalue weighted by atomic mass is 79.9. The van der Waals surface area contributed by atoms with Crippen LogP contribution in [0.15, 0.2) is 53.0 Å². The van der Waals surface area contributed by atoms with Crippen molar-refractivity contribution in [1.82, 2.24) is 0 Å². The molecule has 0 unspecified atom stereocenters. The second-order valence-electron chi connectivity index (χ2n) is 5.31. The molecule has 0 fully saturated rings. The second-order valence-corrected chi connectivity index (χ2v) is 6.22. The lowest BCUT2D eigenvalue weighted by Gasteiger charge is -2.24. The summed E-state index contributed by atoms with van der Waals surface area (Å²) in [5.41, 5.74) is 2.02. The van der Waals surface area contributed by atoms with Crippen molar-refractivity contribution < 1.29 is 19.7 Å². The second kappa shape index (κ2) is 6.70. The number of hydrogen-bond acceptors (Lipinski definition) is 4. The molecule has 0 aliphatic carbocycles. The standard InChI is InChI=1S/C17H16BrNO4/c18-12-6-7-13-14(8-12)19(15(9-20)16(13)21)17(22)23-10-11-4-2-1-3-5-11/h1-8,15-16,20-21H,9-10H2/t15-,16-/m1/s1. The van der Waals surface area contributed by atoms with E-state index in [4.69, 9.17) is 4.74 Å². The molecule has 23 heavy (non-hydrogen) atoms. The molecule has 6 heteroatoms. The van der Waals surface area contributed by atoms with Crippen molar-refractivity contribution in [3.8, 4) is 0 Å². The van der Waals surface area contributed by atoms with Gasteiger partial charge in [-0.05, 0) is 17.7 Å². The first kappa shape index (κ1) is 16.0. The van der Waals surface area contributed by atoms with Gasteiger partial charge in [-0.15, -0.1) is 0 Å². The monoisotopic (exact) mass is 377 g/mol. The van der Waals surface area contributed by atoms with Crippen molar-refractivity contribution in [2.75, 3.05) is 11.5 Å². The number of nitrogens with zero attached hydrogens (tertiary/aromatic N) is 1. The zero-order valence-corrected chi connectivity index (χ0v) is 13.8. The van der Waals surface area contributed by atoms with E-state index in [1.807, 2.05) is 30.3 Å². The zero-order valence-electron chi connectivity index (χ0n) is 12.2. The lowest BCUT2D eigenvalue weighted by atomic mass is 10.1. The molecule has 0 bridgehead atoms. The minimum atomic E-state index is -0.938. The van der Waals surface area contributed by atoms with Gasteiger partial charge in [-0.2, -0.15) is 0 Å². The first-order valence-corrected chi connectivity index (χ1v) is 7.99. The third-order valence-electron chi connectivity index (χ3n) is 3.86. The number of aliphatic hydroxyl groups excluding tert-OH is 2. The smallest absolute Gasteiger partial charge is 0.415 e. The summed E-state index contributed by atoms with van der Waals surface area (Å²) in [6.07, 6.45) is -1.53. The summed E-state index contributed by atoms with van der Waals surface area (Å²) in [5.74, 6) is 0. The Morgan fingerprint density at radius 2 is 1.96 bits per heavy atom. The average Bonchev–Trinajstić information content (AvgIpc) is 2.85. The summed E-state index contributed by atoms with van der Waals surface area (Å²) >= 11 is 3.36. The quantitative estimate of drug-likeness (QED) is 0.862. The number of fused-ring (bicyclic) bond motifs is 1. The average molecular weight is 378 g/mol. The van der Waals surface area contributed by atoms with E-state index in [9.17, 15) is 15.0 Å². The molecule has 3 rings (SSSR count). The highest BCUT2D eigenvalue weighted by Crippen LogP contribution is 2.41. The van der Waals surface area contributed by atoms with Crippen molar-refractivity contribution in [2.24, 2.45) is 0 Å². The van der Waals surface area contributed by atoms with E-state index < -0.39 is 18.2 Å². The molecule has 0 saturated carbocycles. The molecule has 5 nitrogen and oxygen atoms in total. The first-order chi connectivity index (χ1) is 11.1. The van der Waals surface area contributed by atoms with E-state index in [-0.39, 0.29) is 13.2 Å². The van der Waals surface area contributed by atoms with Crippen LogP contribution in [0.1, 0.15) is 17.2 Å². The van der Waals surface area contributed by atoms with E-state index in [2.05, 4.69) is 15.9 Å².